The van der Waals surface area contributed by atoms with Gasteiger partial charge in [0.1, 0.15) is 0 Å². The molecule has 250 valence electrons. The van der Waals surface area contributed by atoms with E-state index in [1.54, 1.807) is 0 Å². The van der Waals surface area contributed by atoms with Crippen LogP contribution in [0.15, 0.2) is 84.9 Å². The number of amides is 1. The molecule has 1 atom stereocenters. The number of aromatic amines is 1. The Morgan fingerprint density at radius 1 is 0.729 bits per heavy atom. The predicted octanol–water partition coefficient (Wildman–Crippen LogP) is 7.10. The summed E-state index contributed by atoms with van der Waals surface area (Å²) in [6.07, 6.45) is 3.28. The number of hydrogen-bond donors (Lipinski definition) is 1. The van der Waals surface area contributed by atoms with Crippen molar-refractivity contribution in [3.8, 4) is 0 Å². The predicted molar refractivity (Wildman–Crippen MR) is 199 cm³/mol. The number of hydrogen-bond acceptors (Lipinski definition) is 4. The first-order chi connectivity index (χ1) is 23.4. The number of benzene rings is 4. The average molecular weight is 642 g/mol. The van der Waals surface area contributed by atoms with Gasteiger partial charge in [0.25, 0.3) is 5.91 Å². The van der Waals surface area contributed by atoms with Gasteiger partial charge in [-0.3, -0.25) is 9.69 Å². The molecular formula is C42H51N5O. The Morgan fingerprint density at radius 3 is 2.21 bits per heavy atom. The van der Waals surface area contributed by atoms with Crippen LogP contribution in [0.2, 0.25) is 0 Å². The third-order valence-corrected chi connectivity index (χ3v) is 11.1. The summed E-state index contributed by atoms with van der Waals surface area (Å²) >= 11 is 0. The van der Waals surface area contributed by atoms with Gasteiger partial charge in [-0.15, -0.1) is 0 Å². The molecule has 2 saturated heterocycles. The SMILES string of the molecule is Cc1[nH]c2ccc(C(CCCN3CCN(C)CC3)c3ccc(C(=O)N4CCN(CCc5cccc6ccccc56)CC4)cc3)cc2c1C. The number of nitrogens with one attached hydrogen (secondary N) is 1. The van der Waals surface area contributed by atoms with Crippen LogP contribution >= 0.6 is 0 Å². The Balaban J connectivity index is 0.994. The fourth-order valence-corrected chi connectivity index (χ4v) is 7.82. The molecule has 0 radical (unpaired) electrons. The van der Waals surface area contributed by atoms with Crippen LogP contribution in [0.1, 0.15) is 57.1 Å². The lowest BCUT2D eigenvalue weighted by atomic mass is 9.86. The first-order valence-corrected chi connectivity index (χ1v) is 18.0. The first-order valence-electron chi connectivity index (χ1n) is 18.0. The van der Waals surface area contributed by atoms with E-state index >= 15 is 0 Å². The fraction of sp³-hybridized carbons (Fsp3) is 0.405. The number of rotatable bonds is 10. The lowest BCUT2D eigenvalue weighted by Crippen LogP contribution is -2.49. The van der Waals surface area contributed by atoms with Crippen molar-refractivity contribution >= 4 is 27.6 Å². The van der Waals surface area contributed by atoms with Gasteiger partial charge in [0.2, 0.25) is 0 Å². The van der Waals surface area contributed by atoms with Crippen molar-refractivity contribution in [1.82, 2.24) is 24.6 Å². The molecule has 2 aliphatic rings. The second-order valence-electron chi connectivity index (χ2n) is 14.2. The number of aryl methyl sites for hydroxylation is 2. The molecule has 0 spiro atoms. The molecule has 6 heteroatoms. The number of nitrogens with zero attached hydrogens (tertiary/aromatic N) is 4. The van der Waals surface area contributed by atoms with Crippen molar-refractivity contribution in [2.24, 2.45) is 0 Å². The van der Waals surface area contributed by atoms with E-state index in [-0.39, 0.29) is 5.91 Å². The molecule has 1 amide bonds. The molecule has 5 aromatic rings. The summed E-state index contributed by atoms with van der Waals surface area (Å²) in [5.74, 6) is 0.451. The molecule has 1 aromatic heterocycles. The third kappa shape index (κ3) is 7.21. The van der Waals surface area contributed by atoms with Gasteiger partial charge in [0, 0.05) is 87.0 Å². The van der Waals surface area contributed by atoms with Crippen LogP contribution < -0.4 is 0 Å². The van der Waals surface area contributed by atoms with Gasteiger partial charge in [-0.25, -0.2) is 0 Å². The highest BCUT2D eigenvalue weighted by Crippen LogP contribution is 2.33. The zero-order chi connectivity index (χ0) is 33.0. The zero-order valence-corrected chi connectivity index (χ0v) is 29.0. The third-order valence-electron chi connectivity index (χ3n) is 11.1. The first kappa shape index (κ1) is 32.6. The molecule has 0 aliphatic carbocycles. The highest BCUT2D eigenvalue weighted by molar-refractivity contribution is 5.94. The molecule has 4 aromatic carbocycles. The molecule has 2 aliphatic heterocycles. The zero-order valence-electron chi connectivity index (χ0n) is 29.0. The molecule has 1 N–H and O–H groups in total. The summed E-state index contributed by atoms with van der Waals surface area (Å²) in [6, 6.07) is 30.8. The molecule has 1 unspecified atom stereocenters. The number of piperazine rings is 2. The molecule has 3 heterocycles. The molecule has 7 rings (SSSR count). The number of likely N-dealkylation sites (N-methyl/N-ethyl adjacent to an activating group) is 1. The summed E-state index contributed by atoms with van der Waals surface area (Å²) in [7, 11) is 2.22. The summed E-state index contributed by atoms with van der Waals surface area (Å²) in [5.41, 5.74) is 8.64. The van der Waals surface area contributed by atoms with Crippen LogP contribution in [0, 0.1) is 13.8 Å². The van der Waals surface area contributed by atoms with E-state index in [9.17, 15) is 4.79 Å². The van der Waals surface area contributed by atoms with Crippen LogP contribution in [-0.2, 0) is 6.42 Å². The van der Waals surface area contributed by atoms with Gasteiger partial charge >= 0.3 is 0 Å². The smallest absolute Gasteiger partial charge is 0.253 e. The van der Waals surface area contributed by atoms with Crippen LogP contribution in [0.3, 0.4) is 0 Å². The van der Waals surface area contributed by atoms with Gasteiger partial charge in [-0.2, -0.15) is 0 Å². The minimum atomic E-state index is 0.154. The maximum Gasteiger partial charge on any atom is 0.253 e. The molecule has 48 heavy (non-hydrogen) atoms. The molecular weight excluding hydrogens is 590 g/mol. The van der Waals surface area contributed by atoms with E-state index < -0.39 is 0 Å². The maximum atomic E-state index is 13.6. The Labute approximate surface area is 286 Å². The summed E-state index contributed by atoms with van der Waals surface area (Å²) in [4.78, 5) is 26.8. The molecule has 0 bridgehead atoms. The standard InChI is InChI=1S/C42H51N5O/c1-31-32(2)43-41-18-17-37(30-40(31)41)39(12-7-20-45-24-22-44(3)23-25-45)35-13-15-36(16-14-35)42(48)47-28-26-46(27-29-47)21-19-34-10-6-9-33-8-4-5-11-38(33)34/h4-6,8-11,13-18,30,39,43H,7,12,19-29H2,1-3H3. The Kier molecular flexibility index (Phi) is 9.94. The summed E-state index contributed by atoms with van der Waals surface area (Å²) < 4.78 is 0. The Bertz CT molecular complexity index is 1840. The summed E-state index contributed by atoms with van der Waals surface area (Å²) in [6.45, 7) is 14.6. The Morgan fingerprint density at radius 2 is 1.42 bits per heavy atom. The number of carbonyl (C=O) groups is 1. The van der Waals surface area contributed by atoms with Gasteiger partial charge in [0.05, 0.1) is 0 Å². The summed E-state index contributed by atoms with van der Waals surface area (Å²) in [5, 5.41) is 3.97. The number of aromatic nitrogens is 1. The van der Waals surface area contributed by atoms with Gasteiger partial charge < -0.3 is 19.7 Å². The number of fused-ring (bicyclic) bond motifs is 2. The number of carbonyl (C=O) groups excluding carboxylic acids is 1. The molecule has 6 nitrogen and oxygen atoms in total. The van der Waals surface area contributed by atoms with Gasteiger partial charge in [0.15, 0.2) is 0 Å². The van der Waals surface area contributed by atoms with Crippen molar-refractivity contribution in [3.63, 3.8) is 0 Å². The topological polar surface area (TPSA) is 45.8 Å². The highest BCUT2D eigenvalue weighted by atomic mass is 16.2. The van der Waals surface area contributed by atoms with Crippen LogP contribution in [0.5, 0.6) is 0 Å². The van der Waals surface area contributed by atoms with E-state index in [4.69, 9.17) is 0 Å². The van der Waals surface area contributed by atoms with Crippen molar-refractivity contribution in [1.29, 1.82) is 0 Å². The van der Waals surface area contributed by atoms with E-state index in [0.29, 0.717) is 5.92 Å². The lowest BCUT2D eigenvalue weighted by molar-refractivity contribution is 0.0638. The van der Waals surface area contributed by atoms with E-state index in [0.717, 1.165) is 90.3 Å². The highest BCUT2D eigenvalue weighted by Gasteiger charge is 2.23. The van der Waals surface area contributed by atoms with Gasteiger partial charge in [-0.05, 0) is 104 Å². The van der Waals surface area contributed by atoms with Crippen LogP contribution in [-0.4, -0.2) is 103 Å². The molecule has 2 fully saturated rings. The van der Waals surface area contributed by atoms with Gasteiger partial charge in [-0.1, -0.05) is 60.7 Å². The maximum absolute atomic E-state index is 13.6. The molecule has 0 saturated carbocycles. The Hall–Kier alpha value is -3.97. The van der Waals surface area contributed by atoms with Crippen LogP contribution in [0.4, 0.5) is 0 Å². The van der Waals surface area contributed by atoms with E-state index in [1.165, 1.54) is 49.6 Å². The monoisotopic (exact) mass is 641 g/mol. The fourth-order valence-electron chi connectivity index (χ4n) is 7.82. The van der Waals surface area contributed by atoms with E-state index in [1.807, 2.05) is 4.90 Å². The van der Waals surface area contributed by atoms with E-state index in [2.05, 4.69) is 126 Å². The van der Waals surface area contributed by atoms with Crippen molar-refractivity contribution in [2.75, 3.05) is 72.5 Å². The largest absolute Gasteiger partial charge is 0.358 e. The van der Waals surface area contributed by atoms with Crippen molar-refractivity contribution in [3.05, 3.63) is 118 Å². The van der Waals surface area contributed by atoms with Crippen LogP contribution in [0.25, 0.3) is 21.7 Å². The average Bonchev–Trinajstić information content (AvgIpc) is 3.41. The van der Waals surface area contributed by atoms with Crippen molar-refractivity contribution in [2.45, 2.75) is 39.0 Å². The minimum Gasteiger partial charge on any atom is -0.358 e. The quantitative estimate of drug-likeness (QED) is 0.177. The number of H-pyrrole nitrogens is 1. The minimum absolute atomic E-state index is 0.154. The second-order valence-corrected chi connectivity index (χ2v) is 14.2. The van der Waals surface area contributed by atoms with Crippen molar-refractivity contribution < 1.29 is 4.79 Å². The lowest BCUT2D eigenvalue weighted by Gasteiger charge is -2.35. The second kappa shape index (κ2) is 14.7. The normalized spacial score (nSPS) is 17.4.